The van der Waals surface area contributed by atoms with Crippen LogP contribution in [0.25, 0.3) is 11.1 Å². The van der Waals surface area contributed by atoms with Crippen LogP contribution in [0, 0.1) is 6.92 Å². The van der Waals surface area contributed by atoms with Crippen LogP contribution in [-0.2, 0) is 9.59 Å². The molecule has 2 heterocycles. The number of piperidine rings is 1. The van der Waals surface area contributed by atoms with Gasteiger partial charge in [-0.1, -0.05) is 54.6 Å². The van der Waals surface area contributed by atoms with Crippen molar-refractivity contribution in [3.05, 3.63) is 114 Å². The molecule has 0 aromatic heterocycles. The minimum atomic E-state index is -0.267. The number of carbonyl (C=O) groups is 4. The van der Waals surface area contributed by atoms with Crippen molar-refractivity contribution in [2.24, 2.45) is 0 Å². The molecule has 246 valence electrons. The van der Waals surface area contributed by atoms with Crippen molar-refractivity contribution in [1.82, 2.24) is 9.80 Å². The van der Waals surface area contributed by atoms with E-state index in [0.29, 0.717) is 47.3 Å². The third kappa shape index (κ3) is 6.87. The number of hydrogen-bond acceptors (Lipinski definition) is 5. The highest BCUT2D eigenvalue weighted by Crippen LogP contribution is 2.34. The molecule has 0 bridgehead atoms. The lowest BCUT2D eigenvalue weighted by molar-refractivity contribution is -0.132. The largest absolute Gasteiger partial charge is 0.341 e. The van der Waals surface area contributed by atoms with Gasteiger partial charge in [-0.2, -0.15) is 0 Å². The van der Waals surface area contributed by atoms with Crippen molar-refractivity contribution in [1.29, 1.82) is 0 Å². The molecule has 1 saturated heterocycles. The molecule has 0 unspecified atom stereocenters. The van der Waals surface area contributed by atoms with Gasteiger partial charge in [-0.3, -0.25) is 19.2 Å². The van der Waals surface area contributed by atoms with E-state index in [1.54, 1.807) is 41.3 Å². The van der Waals surface area contributed by atoms with Crippen molar-refractivity contribution in [2.45, 2.75) is 32.2 Å². The summed E-state index contributed by atoms with van der Waals surface area (Å²) in [5, 5.41) is 2.97. The molecule has 2 aliphatic rings. The molecule has 0 atom stereocenters. The number of fused-ring (bicyclic) bond motifs is 1. The summed E-state index contributed by atoms with van der Waals surface area (Å²) >= 11 is 0. The molecule has 4 aromatic carbocycles. The number of hydrogen-bond donors (Lipinski definition) is 1. The number of amides is 4. The first kappa shape index (κ1) is 32.7. The molecule has 2 aliphatic heterocycles. The maximum atomic E-state index is 13.9. The van der Waals surface area contributed by atoms with Crippen LogP contribution in [0.2, 0.25) is 0 Å². The number of nitrogens with zero attached hydrogens (tertiary/aromatic N) is 4. The Kier molecular flexibility index (Phi) is 9.68. The van der Waals surface area contributed by atoms with Crippen molar-refractivity contribution < 1.29 is 19.2 Å². The number of nitrogens with one attached hydrogen (secondary N) is 1. The van der Waals surface area contributed by atoms with E-state index < -0.39 is 0 Å². The number of aryl methyl sites for hydroxylation is 1. The molecule has 4 amide bonds. The van der Waals surface area contributed by atoms with Gasteiger partial charge in [0.2, 0.25) is 11.8 Å². The molecule has 9 heteroatoms. The minimum absolute atomic E-state index is 0.0636. The van der Waals surface area contributed by atoms with Gasteiger partial charge in [-0.05, 0) is 93.0 Å². The van der Waals surface area contributed by atoms with Crippen molar-refractivity contribution >= 4 is 40.7 Å². The molecule has 0 spiro atoms. The van der Waals surface area contributed by atoms with E-state index in [1.807, 2.05) is 72.5 Å². The Bertz CT molecular complexity index is 1830. The maximum absolute atomic E-state index is 13.9. The number of rotatable bonds is 7. The smallest absolute Gasteiger partial charge is 0.258 e. The van der Waals surface area contributed by atoms with Crippen LogP contribution in [0.1, 0.15) is 45.5 Å². The van der Waals surface area contributed by atoms with Gasteiger partial charge in [-0.25, -0.2) is 0 Å². The summed E-state index contributed by atoms with van der Waals surface area (Å²) in [4.78, 5) is 61.2. The van der Waals surface area contributed by atoms with E-state index in [2.05, 4.69) is 24.3 Å². The highest BCUT2D eigenvalue weighted by Gasteiger charge is 2.33. The first-order valence-electron chi connectivity index (χ1n) is 16.4. The van der Waals surface area contributed by atoms with Crippen LogP contribution in [0.3, 0.4) is 0 Å². The molecule has 1 fully saturated rings. The van der Waals surface area contributed by atoms with E-state index in [1.165, 1.54) is 4.90 Å². The topological polar surface area (TPSA) is 93.3 Å². The number of anilines is 3. The standard InChI is InChI=1S/C39H41N5O4/c1-27-10-4-5-11-31(27)32-12-6-7-13-33(32)38(47)40-29-18-16-28(17-19-29)39(48)43-25-22-36(45)44(35-15-9-8-14-34(35)43)26-37(46)42-23-20-30(21-24-42)41(2)3/h4-19,30H,20-26H2,1-3H3,(H,40,47). The summed E-state index contributed by atoms with van der Waals surface area (Å²) < 4.78 is 0. The van der Waals surface area contributed by atoms with Crippen molar-refractivity contribution in [2.75, 3.05) is 55.4 Å². The summed E-state index contributed by atoms with van der Waals surface area (Å²) in [5.41, 5.74) is 5.57. The van der Waals surface area contributed by atoms with Gasteiger partial charge in [0, 0.05) is 48.9 Å². The number of carbonyl (C=O) groups excluding carboxylic acids is 4. The Morgan fingerprint density at radius 2 is 1.40 bits per heavy atom. The lowest BCUT2D eigenvalue weighted by atomic mass is 9.95. The first-order valence-corrected chi connectivity index (χ1v) is 16.4. The molecule has 0 aliphatic carbocycles. The average molecular weight is 644 g/mol. The average Bonchev–Trinajstić information content (AvgIpc) is 3.24. The molecular weight excluding hydrogens is 602 g/mol. The van der Waals surface area contributed by atoms with Crippen LogP contribution in [0.5, 0.6) is 0 Å². The first-order chi connectivity index (χ1) is 23.2. The van der Waals surface area contributed by atoms with Crippen molar-refractivity contribution in [3.63, 3.8) is 0 Å². The lowest BCUT2D eigenvalue weighted by Crippen LogP contribution is -2.48. The van der Waals surface area contributed by atoms with Crippen LogP contribution in [-0.4, -0.2) is 79.7 Å². The predicted octanol–water partition coefficient (Wildman–Crippen LogP) is 5.85. The van der Waals surface area contributed by atoms with E-state index in [4.69, 9.17) is 0 Å². The summed E-state index contributed by atoms with van der Waals surface area (Å²) in [7, 11) is 4.12. The zero-order chi connectivity index (χ0) is 33.8. The predicted molar refractivity (Wildman–Crippen MR) is 189 cm³/mol. The molecule has 48 heavy (non-hydrogen) atoms. The third-order valence-corrected chi connectivity index (χ3v) is 9.40. The molecule has 9 nitrogen and oxygen atoms in total. The molecule has 6 rings (SSSR count). The van der Waals surface area contributed by atoms with Crippen molar-refractivity contribution in [3.8, 4) is 11.1 Å². The summed E-state index contributed by atoms with van der Waals surface area (Å²) in [6.45, 7) is 3.45. The summed E-state index contributed by atoms with van der Waals surface area (Å²) in [6.07, 6.45) is 1.88. The van der Waals surface area contributed by atoms with E-state index >= 15 is 0 Å². The van der Waals surface area contributed by atoms with Gasteiger partial charge in [-0.15, -0.1) is 0 Å². The number of benzene rings is 4. The van der Waals surface area contributed by atoms with E-state index in [0.717, 1.165) is 29.5 Å². The highest BCUT2D eigenvalue weighted by atomic mass is 16.2. The Hall–Kier alpha value is -5.28. The Morgan fingerprint density at radius 3 is 2.08 bits per heavy atom. The van der Waals surface area contributed by atoms with Crippen LogP contribution in [0.15, 0.2) is 97.1 Å². The summed E-state index contributed by atoms with van der Waals surface area (Å²) in [5.74, 6) is -0.797. The summed E-state index contributed by atoms with van der Waals surface area (Å²) in [6, 6.07) is 29.9. The van der Waals surface area contributed by atoms with Gasteiger partial charge in [0.25, 0.3) is 11.8 Å². The Labute approximate surface area is 281 Å². The Balaban J connectivity index is 1.17. The lowest BCUT2D eigenvalue weighted by Gasteiger charge is -2.36. The number of likely N-dealkylation sites (tertiary alicyclic amines) is 1. The number of para-hydroxylation sites is 2. The maximum Gasteiger partial charge on any atom is 0.258 e. The van der Waals surface area contributed by atoms with Gasteiger partial charge < -0.3 is 24.9 Å². The van der Waals surface area contributed by atoms with Gasteiger partial charge in [0.05, 0.1) is 11.4 Å². The second-order valence-corrected chi connectivity index (χ2v) is 12.6. The second-order valence-electron chi connectivity index (χ2n) is 12.6. The van der Waals surface area contributed by atoms with Gasteiger partial charge in [0.15, 0.2) is 0 Å². The molecular formula is C39H41N5O4. The van der Waals surface area contributed by atoms with Gasteiger partial charge >= 0.3 is 0 Å². The fraction of sp³-hybridized carbons (Fsp3) is 0.282. The SMILES string of the molecule is Cc1ccccc1-c1ccccc1C(=O)Nc1ccc(C(=O)N2CCC(=O)N(CC(=O)N3CCC(N(C)C)CC3)c3ccccc32)cc1. The monoisotopic (exact) mass is 643 g/mol. The molecule has 0 radical (unpaired) electrons. The molecule has 4 aromatic rings. The third-order valence-electron chi connectivity index (χ3n) is 9.40. The van der Waals surface area contributed by atoms with Crippen LogP contribution in [0.4, 0.5) is 17.1 Å². The zero-order valence-corrected chi connectivity index (χ0v) is 27.7. The fourth-order valence-electron chi connectivity index (χ4n) is 6.61. The second kappa shape index (κ2) is 14.2. The van der Waals surface area contributed by atoms with Crippen LogP contribution < -0.4 is 15.1 Å². The van der Waals surface area contributed by atoms with Crippen LogP contribution >= 0.6 is 0 Å². The van der Waals surface area contributed by atoms with E-state index in [-0.39, 0.29) is 43.1 Å². The molecule has 1 N–H and O–H groups in total. The zero-order valence-electron chi connectivity index (χ0n) is 27.7. The molecule has 0 saturated carbocycles. The van der Waals surface area contributed by atoms with E-state index in [9.17, 15) is 19.2 Å². The quantitative estimate of drug-likeness (QED) is 0.273. The normalized spacial score (nSPS) is 15.2. The highest BCUT2D eigenvalue weighted by molar-refractivity contribution is 6.13. The van der Waals surface area contributed by atoms with Gasteiger partial charge in [0.1, 0.15) is 6.54 Å². The Morgan fingerprint density at radius 1 is 0.771 bits per heavy atom. The fourth-order valence-corrected chi connectivity index (χ4v) is 6.61. The minimum Gasteiger partial charge on any atom is -0.341 e.